The van der Waals surface area contributed by atoms with Crippen LogP contribution >= 0.6 is 11.8 Å². The van der Waals surface area contributed by atoms with Crippen LogP contribution in [0.25, 0.3) is 0 Å². The van der Waals surface area contributed by atoms with Gasteiger partial charge in [-0.1, -0.05) is 12.1 Å². The van der Waals surface area contributed by atoms with E-state index < -0.39 is 0 Å². The number of benzene rings is 1. The third-order valence-electron chi connectivity index (χ3n) is 1.58. The molecule has 0 amide bonds. The van der Waals surface area contributed by atoms with Gasteiger partial charge in [0.25, 0.3) is 0 Å². The number of methoxy groups -OCH3 is 1. The summed E-state index contributed by atoms with van der Waals surface area (Å²) >= 11 is 1.35. The molecule has 14 heavy (non-hydrogen) atoms. The van der Waals surface area contributed by atoms with Gasteiger partial charge in [-0.2, -0.15) is 0 Å². The van der Waals surface area contributed by atoms with Crippen LogP contribution in [-0.2, 0) is 9.53 Å². The number of carbonyl (C=O) groups excluding carboxylic acids is 2. The van der Waals surface area contributed by atoms with Gasteiger partial charge < -0.3 is 4.74 Å². The Morgan fingerprint density at radius 2 is 2.36 bits per heavy atom. The first-order valence-electron chi connectivity index (χ1n) is 4.01. The summed E-state index contributed by atoms with van der Waals surface area (Å²) in [7, 11) is 1.35. The molecule has 0 saturated heterocycles. The van der Waals surface area contributed by atoms with E-state index in [-0.39, 0.29) is 11.7 Å². The third-order valence-corrected chi connectivity index (χ3v) is 2.55. The second-order valence-corrected chi connectivity index (χ2v) is 3.60. The van der Waals surface area contributed by atoms with Gasteiger partial charge >= 0.3 is 5.97 Å². The summed E-state index contributed by atoms with van der Waals surface area (Å²) in [6, 6.07) is 7.08. The maximum Gasteiger partial charge on any atom is 0.315 e. The van der Waals surface area contributed by atoms with Gasteiger partial charge in [0, 0.05) is 10.5 Å². The molecule has 0 aliphatic carbocycles. The molecule has 0 radical (unpaired) electrons. The minimum Gasteiger partial charge on any atom is -0.468 e. The van der Waals surface area contributed by atoms with Crippen LogP contribution in [0.3, 0.4) is 0 Å². The second kappa shape index (κ2) is 5.44. The van der Waals surface area contributed by atoms with Crippen LogP contribution in [0.2, 0.25) is 0 Å². The highest BCUT2D eigenvalue weighted by Crippen LogP contribution is 2.18. The topological polar surface area (TPSA) is 43.4 Å². The summed E-state index contributed by atoms with van der Waals surface area (Å²) < 4.78 is 4.50. The van der Waals surface area contributed by atoms with Crippen molar-refractivity contribution in [1.29, 1.82) is 0 Å². The fourth-order valence-electron chi connectivity index (χ4n) is 0.879. The van der Waals surface area contributed by atoms with E-state index >= 15 is 0 Å². The average molecular weight is 210 g/mol. The van der Waals surface area contributed by atoms with Gasteiger partial charge in [-0.05, 0) is 12.1 Å². The molecule has 1 aromatic rings. The Morgan fingerprint density at radius 1 is 1.57 bits per heavy atom. The average Bonchev–Trinajstić information content (AvgIpc) is 2.26. The minimum absolute atomic E-state index is 0.263. The maximum atomic E-state index is 10.8. The summed E-state index contributed by atoms with van der Waals surface area (Å²) in [4.78, 5) is 22.2. The maximum absolute atomic E-state index is 10.8. The van der Waals surface area contributed by atoms with Crippen LogP contribution in [0.15, 0.2) is 29.2 Å². The zero-order valence-corrected chi connectivity index (χ0v) is 8.54. The van der Waals surface area contributed by atoms with Gasteiger partial charge in [-0.3, -0.25) is 9.59 Å². The van der Waals surface area contributed by atoms with E-state index in [4.69, 9.17) is 0 Å². The van der Waals surface area contributed by atoms with E-state index in [1.54, 1.807) is 18.2 Å². The Hall–Kier alpha value is -1.29. The first-order valence-corrected chi connectivity index (χ1v) is 4.99. The van der Waals surface area contributed by atoms with Crippen LogP contribution in [0.1, 0.15) is 10.4 Å². The molecule has 0 aliphatic heterocycles. The monoisotopic (exact) mass is 210 g/mol. The van der Waals surface area contributed by atoms with E-state index in [1.807, 2.05) is 6.07 Å². The van der Waals surface area contributed by atoms with Crippen molar-refractivity contribution in [3.8, 4) is 0 Å². The summed E-state index contributed by atoms with van der Waals surface area (Å²) in [5.41, 5.74) is 0.611. The number of rotatable bonds is 4. The van der Waals surface area contributed by atoms with Crippen molar-refractivity contribution in [3.63, 3.8) is 0 Å². The van der Waals surface area contributed by atoms with Crippen molar-refractivity contribution in [2.45, 2.75) is 4.90 Å². The summed E-state index contributed by atoms with van der Waals surface area (Å²) in [5, 5.41) is 0. The molecule has 4 heteroatoms. The lowest BCUT2D eigenvalue weighted by atomic mass is 10.2. The lowest BCUT2D eigenvalue weighted by molar-refractivity contribution is -0.137. The quantitative estimate of drug-likeness (QED) is 0.431. The van der Waals surface area contributed by atoms with Gasteiger partial charge in [0.2, 0.25) is 0 Å². The molecule has 0 unspecified atom stereocenters. The Labute approximate surface area is 86.5 Å². The molecule has 0 bridgehead atoms. The molecule has 0 aromatic heterocycles. The van der Waals surface area contributed by atoms with Crippen molar-refractivity contribution in [1.82, 2.24) is 0 Å². The normalized spacial score (nSPS) is 9.50. The SMILES string of the molecule is COC(=O)CSc1cccc(C=O)c1. The molecule has 0 spiro atoms. The van der Waals surface area contributed by atoms with Gasteiger partial charge in [0.1, 0.15) is 6.29 Å². The summed E-state index contributed by atoms with van der Waals surface area (Å²) in [6.45, 7) is 0. The zero-order chi connectivity index (χ0) is 10.4. The molecule has 0 saturated carbocycles. The largest absolute Gasteiger partial charge is 0.468 e. The van der Waals surface area contributed by atoms with E-state index in [9.17, 15) is 9.59 Å². The van der Waals surface area contributed by atoms with Crippen LogP contribution in [-0.4, -0.2) is 25.1 Å². The van der Waals surface area contributed by atoms with Gasteiger partial charge in [0.15, 0.2) is 0 Å². The number of hydrogen-bond donors (Lipinski definition) is 0. The lowest BCUT2D eigenvalue weighted by Gasteiger charge is -2.00. The number of aldehydes is 1. The Balaban J connectivity index is 2.58. The summed E-state index contributed by atoms with van der Waals surface area (Å²) in [6.07, 6.45) is 0.780. The lowest BCUT2D eigenvalue weighted by Crippen LogP contribution is -2.02. The molecule has 3 nitrogen and oxygen atoms in total. The predicted molar refractivity (Wildman–Crippen MR) is 54.6 cm³/mol. The molecule has 0 atom stereocenters. The smallest absolute Gasteiger partial charge is 0.315 e. The fourth-order valence-corrected chi connectivity index (χ4v) is 1.68. The molecule has 1 aromatic carbocycles. The van der Waals surface area contributed by atoms with Crippen molar-refractivity contribution in [2.24, 2.45) is 0 Å². The number of carbonyl (C=O) groups is 2. The van der Waals surface area contributed by atoms with Gasteiger partial charge in [-0.25, -0.2) is 0 Å². The van der Waals surface area contributed by atoms with Crippen molar-refractivity contribution in [3.05, 3.63) is 29.8 Å². The van der Waals surface area contributed by atoms with Crippen LogP contribution in [0.4, 0.5) is 0 Å². The minimum atomic E-state index is -0.272. The van der Waals surface area contributed by atoms with E-state index in [0.717, 1.165) is 11.2 Å². The van der Waals surface area contributed by atoms with Crippen molar-refractivity contribution in [2.75, 3.05) is 12.9 Å². The van der Waals surface area contributed by atoms with Crippen LogP contribution < -0.4 is 0 Å². The first kappa shape index (κ1) is 10.8. The molecular formula is C10H10O3S. The standard InChI is InChI=1S/C10H10O3S/c1-13-10(12)7-14-9-4-2-3-8(5-9)6-11/h2-6H,7H2,1H3. The number of esters is 1. The highest BCUT2D eigenvalue weighted by atomic mass is 32.2. The van der Waals surface area contributed by atoms with Gasteiger partial charge in [0.05, 0.1) is 12.9 Å². The third kappa shape index (κ3) is 3.22. The predicted octanol–water partition coefficient (Wildman–Crippen LogP) is 1.76. The van der Waals surface area contributed by atoms with E-state index in [2.05, 4.69) is 4.74 Å². The molecule has 0 aliphatic rings. The molecule has 0 N–H and O–H groups in total. The Kier molecular flexibility index (Phi) is 4.19. The van der Waals surface area contributed by atoms with Crippen LogP contribution in [0, 0.1) is 0 Å². The van der Waals surface area contributed by atoms with Gasteiger partial charge in [-0.15, -0.1) is 11.8 Å². The zero-order valence-electron chi connectivity index (χ0n) is 7.73. The van der Waals surface area contributed by atoms with Crippen molar-refractivity contribution >= 4 is 24.0 Å². The number of hydrogen-bond acceptors (Lipinski definition) is 4. The molecule has 0 fully saturated rings. The molecule has 74 valence electrons. The van der Waals surface area contributed by atoms with Crippen LogP contribution in [0.5, 0.6) is 0 Å². The second-order valence-electron chi connectivity index (χ2n) is 2.56. The molecule has 0 heterocycles. The van der Waals surface area contributed by atoms with E-state index in [0.29, 0.717) is 5.56 Å². The molecular weight excluding hydrogens is 200 g/mol. The number of thioether (sulfide) groups is 1. The molecule has 1 rings (SSSR count). The fraction of sp³-hybridized carbons (Fsp3) is 0.200. The van der Waals surface area contributed by atoms with Crippen molar-refractivity contribution < 1.29 is 14.3 Å². The number of ether oxygens (including phenoxy) is 1. The summed E-state index contributed by atoms with van der Waals surface area (Å²) in [5.74, 6) is -0.00904. The Morgan fingerprint density at radius 3 is 3.00 bits per heavy atom. The first-order chi connectivity index (χ1) is 6.76. The Bertz CT molecular complexity index is 336. The highest BCUT2D eigenvalue weighted by molar-refractivity contribution is 8.00. The van der Waals surface area contributed by atoms with E-state index in [1.165, 1.54) is 18.9 Å². The highest BCUT2D eigenvalue weighted by Gasteiger charge is 2.01.